The van der Waals surface area contributed by atoms with Gasteiger partial charge in [0, 0.05) is 25.7 Å². The number of rotatable bonds is 3. The first kappa shape index (κ1) is 17.5. The van der Waals surface area contributed by atoms with Crippen LogP contribution in [0.3, 0.4) is 0 Å². The molecule has 0 atom stereocenters. The summed E-state index contributed by atoms with van der Waals surface area (Å²) in [7, 11) is 3.05. The standard InChI is InChI=1S/C20H16F2N2O2/c1-23-19(13-5-9-15(22)10-6-13)18-17(25)11-16(24(2)20(18)26)12-3-7-14(21)8-4-12/h3-11,25H,1-2H3. The molecule has 0 bridgehead atoms. The molecular formula is C20H16F2N2O2. The van der Waals surface area contributed by atoms with Crippen LogP contribution in [0.1, 0.15) is 11.1 Å². The van der Waals surface area contributed by atoms with Gasteiger partial charge in [0.25, 0.3) is 5.56 Å². The molecule has 0 radical (unpaired) electrons. The van der Waals surface area contributed by atoms with Crippen molar-refractivity contribution in [2.45, 2.75) is 0 Å². The second-order valence-electron chi connectivity index (χ2n) is 5.74. The first-order valence-electron chi connectivity index (χ1n) is 7.84. The maximum Gasteiger partial charge on any atom is 0.264 e. The second kappa shape index (κ2) is 6.92. The van der Waals surface area contributed by atoms with Gasteiger partial charge in [-0.25, -0.2) is 8.78 Å². The van der Waals surface area contributed by atoms with Crippen LogP contribution in [0.25, 0.3) is 11.3 Å². The molecule has 1 N–H and O–H groups in total. The van der Waals surface area contributed by atoms with Crippen LogP contribution in [0.2, 0.25) is 0 Å². The predicted molar refractivity (Wildman–Crippen MR) is 96.7 cm³/mol. The quantitative estimate of drug-likeness (QED) is 0.732. The van der Waals surface area contributed by atoms with Crippen LogP contribution in [0.4, 0.5) is 8.78 Å². The van der Waals surface area contributed by atoms with E-state index in [4.69, 9.17) is 0 Å². The zero-order chi connectivity index (χ0) is 18.8. The highest BCUT2D eigenvalue weighted by molar-refractivity contribution is 6.14. The fourth-order valence-corrected chi connectivity index (χ4v) is 2.80. The molecule has 0 unspecified atom stereocenters. The highest BCUT2D eigenvalue weighted by atomic mass is 19.1. The molecule has 6 heteroatoms. The molecule has 0 amide bonds. The normalized spacial score (nSPS) is 11.6. The minimum atomic E-state index is -0.464. The van der Waals surface area contributed by atoms with Crippen LogP contribution in [-0.4, -0.2) is 22.4 Å². The van der Waals surface area contributed by atoms with E-state index in [0.717, 1.165) is 0 Å². The van der Waals surface area contributed by atoms with E-state index in [1.54, 1.807) is 7.05 Å². The molecule has 1 heterocycles. The number of pyridine rings is 1. The third-order valence-electron chi connectivity index (χ3n) is 4.13. The molecule has 26 heavy (non-hydrogen) atoms. The van der Waals surface area contributed by atoms with E-state index in [1.165, 1.54) is 66.2 Å². The molecule has 132 valence electrons. The van der Waals surface area contributed by atoms with Crippen LogP contribution >= 0.6 is 0 Å². The summed E-state index contributed by atoms with van der Waals surface area (Å²) in [4.78, 5) is 17.0. The van der Waals surface area contributed by atoms with Crippen molar-refractivity contribution < 1.29 is 13.9 Å². The minimum Gasteiger partial charge on any atom is -0.507 e. The van der Waals surface area contributed by atoms with Crippen molar-refractivity contribution in [1.82, 2.24) is 4.57 Å². The third-order valence-corrected chi connectivity index (χ3v) is 4.13. The van der Waals surface area contributed by atoms with E-state index in [1.807, 2.05) is 0 Å². The van der Waals surface area contributed by atoms with Gasteiger partial charge in [-0.15, -0.1) is 0 Å². The lowest BCUT2D eigenvalue weighted by molar-refractivity contribution is 0.471. The summed E-state index contributed by atoms with van der Waals surface area (Å²) in [5.74, 6) is -1.05. The number of nitrogens with zero attached hydrogens (tertiary/aromatic N) is 2. The number of benzene rings is 2. The minimum absolute atomic E-state index is 0.0208. The SMILES string of the molecule is CN=C(c1ccc(F)cc1)c1c(O)cc(-c2ccc(F)cc2)n(C)c1=O. The van der Waals surface area contributed by atoms with Crippen LogP contribution in [0.5, 0.6) is 5.75 Å². The van der Waals surface area contributed by atoms with Gasteiger partial charge in [-0.1, -0.05) is 0 Å². The van der Waals surface area contributed by atoms with Crippen molar-refractivity contribution >= 4 is 5.71 Å². The summed E-state index contributed by atoms with van der Waals surface area (Å²) >= 11 is 0. The smallest absolute Gasteiger partial charge is 0.264 e. The molecule has 0 aliphatic heterocycles. The summed E-state index contributed by atoms with van der Waals surface area (Å²) in [5, 5.41) is 10.5. The molecule has 0 saturated heterocycles. The summed E-state index contributed by atoms with van der Waals surface area (Å²) < 4.78 is 27.7. The van der Waals surface area contributed by atoms with Gasteiger partial charge in [-0.3, -0.25) is 9.79 Å². The molecule has 0 spiro atoms. The van der Waals surface area contributed by atoms with E-state index in [0.29, 0.717) is 16.8 Å². The molecule has 0 saturated carbocycles. The van der Waals surface area contributed by atoms with Gasteiger partial charge in [0.2, 0.25) is 0 Å². The van der Waals surface area contributed by atoms with Gasteiger partial charge in [0.05, 0.1) is 11.4 Å². The fourth-order valence-electron chi connectivity index (χ4n) is 2.80. The van der Waals surface area contributed by atoms with Crippen molar-refractivity contribution in [3.8, 4) is 17.0 Å². The maximum absolute atomic E-state index is 13.2. The topological polar surface area (TPSA) is 54.6 Å². The van der Waals surface area contributed by atoms with Gasteiger partial charge in [0.15, 0.2) is 0 Å². The Hall–Kier alpha value is -3.28. The number of aromatic nitrogens is 1. The Labute approximate surface area is 148 Å². The Morgan fingerprint density at radius 2 is 1.54 bits per heavy atom. The molecule has 0 fully saturated rings. The zero-order valence-corrected chi connectivity index (χ0v) is 14.2. The number of hydrogen-bond acceptors (Lipinski definition) is 3. The zero-order valence-electron chi connectivity index (χ0n) is 14.2. The largest absolute Gasteiger partial charge is 0.507 e. The van der Waals surface area contributed by atoms with Crippen molar-refractivity contribution in [2.24, 2.45) is 12.0 Å². The number of aromatic hydroxyl groups is 1. The number of aliphatic imine (C=N–C) groups is 1. The highest BCUT2D eigenvalue weighted by Gasteiger charge is 2.19. The number of hydrogen-bond donors (Lipinski definition) is 1. The lowest BCUT2D eigenvalue weighted by Crippen LogP contribution is -2.26. The van der Waals surface area contributed by atoms with E-state index in [9.17, 15) is 18.7 Å². The molecule has 1 aromatic heterocycles. The number of halogens is 2. The first-order valence-corrected chi connectivity index (χ1v) is 7.84. The van der Waals surface area contributed by atoms with Crippen molar-refractivity contribution in [1.29, 1.82) is 0 Å². The average molecular weight is 354 g/mol. The van der Waals surface area contributed by atoms with E-state index in [-0.39, 0.29) is 17.0 Å². The molecular weight excluding hydrogens is 338 g/mol. The summed E-state index contributed by atoms with van der Waals surface area (Å²) in [5.41, 5.74) is 1.35. The van der Waals surface area contributed by atoms with Gasteiger partial charge >= 0.3 is 0 Å². The summed E-state index contributed by atoms with van der Waals surface area (Å²) in [6.07, 6.45) is 0. The Balaban J connectivity index is 2.18. The Morgan fingerprint density at radius 1 is 1.00 bits per heavy atom. The van der Waals surface area contributed by atoms with Crippen molar-refractivity contribution in [3.63, 3.8) is 0 Å². The van der Waals surface area contributed by atoms with Crippen LogP contribution in [-0.2, 0) is 7.05 Å². The van der Waals surface area contributed by atoms with Gasteiger partial charge < -0.3 is 9.67 Å². The fraction of sp³-hybridized carbons (Fsp3) is 0.100. The van der Waals surface area contributed by atoms with Gasteiger partial charge in [-0.2, -0.15) is 0 Å². The molecule has 0 aliphatic carbocycles. The lowest BCUT2D eigenvalue weighted by atomic mass is 10.0. The highest BCUT2D eigenvalue weighted by Crippen LogP contribution is 2.25. The average Bonchev–Trinajstić information content (AvgIpc) is 2.63. The Kier molecular flexibility index (Phi) is 4.67. The molecule has 2 aromatic carbocycles. The molecule has 4 nitrogen and oxygen atoms in total. The third kappa shape index (κ3) is 3.13. The maximum atomic E-state index is 13.2. The molecule has 3 aromatic rings. The van der Waals surface area contributed by atoms with E-state index in [2.05, 4.69) is 4.99 Å². The van der Waals surface area contributed by atoms with E-state index < -0.39 is 17.2 Å². The Morgan fingerprint density at radius 3 is 2.08 bits per heavy atom. The van der Waals surface area contributed by atoms with Crippen LogP contribution in [0.15, 0.2) is 64.4 Å². The second-order valence-corrected chi connectivity index (χ2v) is 5.74. The molecule has 3 rings (SSSR count). The Bertz CT molecular complexity index is 1040. The lowest BCUT2D eigenvalue weighted by Gasteiger charge is -2.14. The van der Waals surface area contributed by atoms with Gasteiger partial charge in [-0.05, 0) is 54.1 Å². The van der Waals surface area contributed by atoms with Crippen LogP contribution in [0, 0.1) is 11.6 Å². The molecule has 0 aliphatic rings. The van der Waals surface area contributed by atoms with Crippen LogP contribution < -0.4 is 5.56 Å². The summed E-state index contributed by atoms with van der Waals surface area (Å²) in [6, 6.07) is 12.5. The summed E-state index contributed by atoms with van der Waals surface area (Å²) in [6.45, 7) is 0. The van der Waals surface area contributed by atoms with Gasteiger partial charge in [0.1, 0.15) is 22.9 Å². The van der Waals surface area contributed by atoms with Crippen molar-refractivity contribution in [2.75, 3.05) is 7.05 Å². The van der Waals surface area contributed by atoms with Crippen molar-refractivity contribution in [3.05, 3.63) is 87.7 Å². The predicted octanol–water partition coefficient (Wildman–Crippen LogP) is 3.50. The van der Waals surface area contributed by atoms with E-state index >= 15 is 0 Å². The monoisotopic (exact) mass is 354 g/mol. The first-order chi connectivity index (χ1) is 12.4.